The summed E-state index contributed by atoms with van der Waals surface area (Å²) in [6.07, 6.45) is 3.41. The lowest BCUT2D eigenvalue weighted by Crippen LogP contribution is -2.03. The van der Waals surface area contributed by atoms with E-state index in [4.69, 9.17) is 0 Å². The van der Waals surface area contributed by atoms with Crippen molar-refractivity contribution >= 4 is 22.5 Å². The van der Waals surface area contributed by atoms with Gasteiger partial charge in [-0.05, 0) is 12.1 Å². The molecular weight excluding hydrogens is 292 g/mol. The van der Waals surface area contributed by atoms with Crippen LogP contribution >= 0.6 is 0 Å². The minimum atomic E-state index is -0.166. The van der Waals surface area contributed by atoms with Crippen LogP contribution in [0, 0.1) is 0 Å². The van der Waals surface area contributed by atoms with Crippen molar-refractivity contribution in [3.63, 3.8) is 0 Å². The van der Waals surface area contributed by atoms with Crippen molar-refractivity contribution in [2.24, 2.45) is 7.05 Å². The third-order valence-corrected chi connectivity index (χ3v) is 3.57. The normalized spacial score (nSPS) is 11.0. The highest BCUT2D eigenvalue weighted by atomic mass is 16.1. The number of fused-ring (bicyclic) bond motifs is 1. The number of nitrogens with zero attached hydrogens (tertiary/aromatic N) is 4. The lowest BCUT2D eigenvalue weighted by atomic mass is 10.3. The minimum absolute atomic E-state index is 0.166. The molecule has 0 bridgehead atoms. The van der Waals surface area contributed by atoms with Gasteiger partial charge in [-0.15, -0.1) is 0 Å². The quantitative estimate of drug-likeness (QED) is 0.608. The molecule has 7 nitrogen and oxygen atoms in total. The molecule has 0 amide bonds. The number of anilines is 2. The summed E-state index contributed by atoms with van der Waals surface area (Å²) in [7, 11) is 1.85. The zero-order chi connectivity index (χ0) is 15.8. The van der Waals surface area contributed by atoms with Gasteiger partial charge in [0.25, 0.3) is 5.56 Å². The first-order valence-corrected chi connectivity index (χ1v) is 7.13. The lowest BCUT2D eigenvalue weighted by molar-refractivity contribution is 0.771. The van der Waals surface area contributed by atoms with Gasteiger partial charge in [0, 0.05) is 31.6 Å². The van der Waals surface area contributed by atoms with Crippen LogP contribution in [0.25, 0.3) is 16.6 Å². The maximum absolute atomic E-state index is 12.1. The molecule has 0 aliphatic heterocycles. The number of H-pyrrole nitrogens is 1. The van der Waals surface area contributed by atoms with Crippen LogP contribution in [0.15, 0.2) is 59.7 Å². The highest BCUT2D eigenvalue weighted by Gasteiger charge is 2.10. The van der Waals surface area contributed by atoms with Crippen LogP contribution in [0.4, 0.5) is 11.6 Å². The zero-order valence-corrected chi connectivity index (χ0v) is 12.4. The smallest absolute Gasteiger partial charge is 0.273 e. The molecule has 4 aromatic rings. The van der Waals surface area contributed by atoms with Gasteiger partial charge in [0.1, 0.15) is 5.82 Å². The number of hydrogen-bond acceptors (Lipinski definition) is 4. The molecule has 2 N–H and O–H groups in total. The number of rotatable bonds is 3. The predicted molar refractivity (Wildman–Crippen MR) is 88.2 cm³/mol. The number of nitrogens with one attached hydrogen (secondary N) is 2. The number of pyridine rings is 1. The second-order valence-electron chi connectivity index (χ2n) is 5.20. The highest BCUT2D eigenvalue weighted by molar-refractivity contribution is 5.82. The summed E-state index contributed by atoms with van der Waals surface area (Å²) in [6.45, 7) is 0. The fourth-order valence-corrected chi connectivity index (χ4v) is 2.49. The minimum Gasteiger partial charge on any atom is -0.323 e. The van der Waals surface area contributed by atoms with Gasteiger partial charge < -0.3 is 5.32 Å². The van der Waals surface area contributed by atoms with Gasteiger partial charge in [-0.2, -0.15) is 5.10 Å². The molecule has 3 heterocycles. The standard InChI is InChI=1S/C16H14N6O/c1-21-8-7-14(19-21)18-15-9-13-12(10-17-15)16(23)20-22(13)11-5-3-2-4-6-11/h2-10H,1H3,(H,20,23)(H,17,18,19). The summed E-state index contributed by atoms with van der Waals surface area (Å²) in [5.41, 5.74) is 1.48. The molecule has 0 saturated carbocycles. The Morgan fingerprint density at radius 3 is 2.70 bits per heavy atom. The second kappa shape index (κ2) is 5.13. The molecule has 0 aliphatic carbocycles. The SMILES string of the molecule is Cn1ccc(Nc2cc3c(cn2)c(=O)[nH]n3-c2ccccc2)n1. The summed E-state index contributed by atoms with van der Waals surface area (Å²) in [4.78, 5) is 16.4. The Hall–Kier alpha value is -3.35. The zero-order valence-electron chi connectivity index (χ0n) is 12.4. The number of benzene rings is 1. The van der Waals surface area contributed by atoms with Gasteiger partial charge in [-0.1, -0.05) is 18.2 Å². The van der Waals surface area contributed by atoms with Crippen LogP contribution in [0.1, 0.15) is 0 Å². The van der Waals surface area contributed by atoms with Gasteiger partial charge in [-0.25, -0.2) is 4.98 Å². The van der Waals surface area contributed by atoms with Crippen molar-refractivity contribution in [2.45, 2.75) is 0 Å². The maximum Gasteiger partial charge on any atom is 0.273 e. The molecule has 0 fully saturated rings. The molecule has 0 spiro atoms. The number of para-hydroxylation sites is 1. The maximum atomic E-state index is 12.1. The molecular formula is C16H14N6O. The number of aromatic nitrogens is 5. The van der Waals surface area contributed by atoms with Gasteiger partial charge in [0.15, 0.2) is 5.82 Å². The lowest BCUT2D eigenvalue weighted by Gasteiger charge is -2.06. The van der Waals surface area contributed by atoms with Gasteiger partial charge in [0.05, 0.1) is 16.6 Å². The van der Waals surface area contributed by atoms with E-state index < -0.39 is 0 Å². The van der Waals surface area contributed by atoms with E-state index in [2.05, 4.69) is 20.5 Å². The van der Waals surface area contributed by atoms with E-state index in [9.17, 15) is 4.79 Å². The van der Waals surface area contributed by atoms with Crippen LogP contribution in [0.3, 0.4) is 0 Å². The Bertz CT molecular complexity index is 1030. The Labute approximate surface area is 131 Å². The molecule has 0 saturated heterocycles. The summed E-state index contributed by atoms with van der Waals surface area (Å²) >= 11 is 0. The van der Waals surface area contributed by atoms with Crippen molar-refractivity contribution in [1.82, 2.24) is 24.5 Å². The Balaban J connectivity index is 1.82. The molecule has 1 aromatic carbocycles. The van der Waals surface area contributed by atoms with Crippen molar-refractivity contribution in [3.05, 3.63) is 65.2 Å². The van der Waals surface area contributed by atoms with E-state index in [0.29, 0.717) is 17.0 Å². The van der Waals surface area contributed by atoms with Crippen LogP contribution < -0.4 is 10.9 Å². The molecule has 0 radical (unpaired) electrons. The molecule has 4 rings (SSSR count). The largest absolute Gasteiger partial charge is 0.323 e. The van der Waals surface area contributed by atoms with Gasteiger partial charge >= 0.3 is 0 Å². The Morgan fingerprint density at radius 2 is 1.96 bits per heavy atom. The number of aromatic amines is 1. The summed E-state index contributed by atoms with van der Waals surface area (Å²) in [5, 5.41) is 10.8. The fourth-order valence-electron chi connectivity index (χ4n) is 2.49. The molecule has 3 aromatic heterocycles. The van der Waals surface area contributed by atoms with Gasteiger partial charge in [0.2, 0.25) is 0 Å². The fraction of sp³-hybridized carbons (Fsp3) is 0.0625. The topological polar surface area (TPSA) is 80.5 Å². The molecule has 23 heavy (non-hydrogen) atoms. The third-order valence-electron chi connectivity index (χ3n) is 3.57. The van der Waals surface area contributed by atoms with Crippen LogP contribution in [-0.2, 0) is 7.05 Å². The number of aryl methyl sites for hydroxylation is 1. The van der Waals surface area contributed by atoms with E-state index in [1.54, 1.807) is 15.6 Å². The molecule has 0 atom stereocenters. The van der Waals surface area contributed by atoms with Crippen LogP contribution in [-0.4, -0.2) is 24.5 Å². The van der Waals surface area contributed by atoms with Crippen molar-refractivity contribution in [3.8, 4) is 5.69 Å². The first-order chi connectivity index (χ1) is 11.2. The molecule has 0 aliphatic rings. The molecule has 114 valence electrons. The predicted octanol–water partition coefficient (Wildman–Crippen LogP) is 2.19. The van der Waals surface area contributed by atoms with E-state index in [0.717, 1.165) is 11.2 Å². The van der Waals surface area contributed by atoms with Crippen molar-refractivity contribution in [2.75, 3.05) is 5.32 Å². The number of hydrogen-bond donors (Lipinski definition) is 2. The molecule has 0 unspecified atom stereocenters. The van der Waals surface area contributed by atoms with E-state index in [-0.39, 0.29) is 5.56 Å². The first kappa shape index (κ1) is 13.3. The van der Waals surface area contributed by atoms with Gasteiger partial charge in [-0.3, -0.25) is 19.3 Å². The third kappa shape index (κ3) is 2.38. The Morgan fingerprint density at radius 1 is 1.13 bits per heavy atom. The Kier molecular flexibility index (Phi) is 2.97. The first-order valence-electron chi connectivity index (χ1n) is 7.13. The average molecular weight is 306 g/mol. The van der Waals surface area contributed by atoms with E-state index in [1.807, 2.05) is 55.7 Å². The monoisotopic (exact) mass is 306 g/mol. The van der Waals surface area contributed by atoms with E-state index in [1.165, 1.54) is 0 Å². The summed E-state index contributed by atoms with van der Waals surface area (Å²) in [5.74, 6) is 1.32. The van der Waals surface area contributed by atoms with Crippen molar-refractivity contribution < 1.29 is 0 Å². The second-order valence-corrected chi connectivity index (χ2v) is 5.20. The van der Waals surface area contributed by atoms with Crippen LogP contribution in [0.2, 0.25) is 0 Å². The summed E-state index contributed by atoms with van der Waals surface area (Å²) in [6, 6.07) is 13.3. The highest BCUT2D eigenvalue weighted by Crippen LogP contribution is 2.19. The van der Waals surface area contributed by atoms with Crippen LogP contribution in [0.5, 0.6) is 0 Å². The van der Waals surface area contributed by atoms with E-state index >= 15 is 0 Å². The average Bonchev–Trinajstić information content (AvgIpc) is 3.12. The summed E-state index contributed by atoms with van der Waals surface area (Å²) < 4.78 is 3.46. The van der Waals surface area contributed by atoms with Crippen molar-refractivity contribution in [1.29, 1.82) is 0 Å². The molecule has 7 heteroatoms.